The van der Waals surface area contributed by atoms with Crippen molar-refractivity contribution in [2.24, 2.45) is 0 Å². The van der Waals surface area contributed by atoms with Gasteiger partial charge in [0, 0.05) is 6.20 Å². The van der Waals surface area contributed by atoms with E-state index in [2.05, 4.69) is 4.98 Å². The predicted molar refractivity (Wildman–Crippen MR) is 57.3 cm³/mol. The molecule has 0 saturated carbocycles. The summed E-state index contributed by atoms with van der Waals surface area (Å²) in [7, 11) is 0. The van der Waals surface area contributed by atoms with E-state index in [1.807, 2.05) is 0 Å². The molecule has 15 heavy (non-hydrogen) atoms. The molecule has 1 aromatic heterocycles. The van der Waals surface area contributed by atoms with Crippen LogP contribution >= 0.6 is 11.3 Å². The number of aryl methyl sites for hydroxylation is 1. The highest BCUT2D eigenvalue weighted by Gasteiger charge is 2.14. The summed E-state index contributed by atoms with van der Waals surface area (Å²) in [6.45, 7) is 1.78. The Balaban J connectivity index is 2.38. The number of nitrogens with zero attached hydrogens (tertiary/aromatic N) is 1. The molecule has 1 N–H and O–H groups in total. The third kappa shape index (κ3) is 2.06. The van der Waals surface area contributed by atoms with Gasteiger partial charge in [-0.15, -0.1) is 11.3 Å². The molecule has 2 rings (SSSR count). The third-order valence-electron chi connectivity index (χ3n) is 2.25. The highest BCUT2D eigenvalue weighted by molar-refractivity contribution is 7.09. The van der Waals surface area contributed by atoms with Gasteiger partial charge >= 0.3 is 0 Å². The lowest BCUT2D eigenvalue weighted by molar-refractivity contribution is 0.223. The van der Waals surface area contributed by atoms with Crippen molar-refractivity contribution >= 4 is 11.3 Å². The maximum atomic E-state index is 12.9. The molecule has 78 valence electrons. The smallest absolute Gasteiger partial charge is 0.123 e. The first-order valence-corrected chi connectivity index (χ1v) is 5.39. The molecule has 0 aliphatic carbocycles. The van der Waals surface area contributed by atoms with Crippen molar-refractivity contribution in [2.45, 2.75) is 13.0 Å². The van der Waals surface area contributed by atoms with Crippen LogP contribution in [0, 0.1) is 12.7 Å². The Bertz CT molecular complexity index is 456. The molecule has 1 atom stereocenters. The van der Waals surface area contributed by atoms with E-state index in [1.54, 1.807) is 24.7 Å². The van der Waals surface area contributed by atoms with Gasteiger partial charge in [-0.05, 0) is 30.2 Å². The Morgan fingerprint density at radius 1 is 1.47 bits per heavy atom. The van der Waals surface area contributed by atoms with E-state index in [0.717, 1.165) is 16.0 Å². The van der Waals surface area contributed by atoms with E-state index in [4.69, 9.17) is 0 Å². The first kappa shape index (κ1) is 10.3. The topological polar surface area (TPSA) is 33.1 Å². The molecule has 0 aliphatic heterocycles. The molecule has 2 nitrogen and oxygen atoms in total. The van der Waals surface area contributed by atoms with E-state index < -0.39 is 6.10 Å². The van der Waals surface area contributed by atoms with Crippen LogP contribution in [0.4, 0.5) is 4.39 Å². The quantitative estimate of drug-likeness (QED) is 0.849. The molecule has 0 aliphatic rings. The summed E-state index contributed by atoms with van der Waals surface area (Å²) in [5.74, 6) is -0.284. The summed E-state index contributed by atoms with van der Waals surface area (Å²) < 4.78 is 12.9. The fraction of sp³-hybridized carbons (Fsp3) is 0.182. The molecule has 0 amide bonds. The van der Waals surface area contributed by atoms with Gasteiger partial charge in [-0.3, -0.25) is 4.98 Å². The molecule has 0 fully saturated rings. The lowest BCUT2D eigenvalue weighted by atomic mass is 10.0. The molecule has 0 radical (unpaired) electrons. The molecule has 0 bridgehead atoms. The van der Waals surface area contributed by atoms with Crippen molar-refractivity contribution in [3.05, 3.63) is 51.7 Å². The van der Waals surface area contributed by atoms with Gasteiger partial charge in [0.1, 0.15) is 11.9 Å². The second-order valence-corrected chi connectivity index (χ2v) is 4.23. The van der Waals surface area contributed by atoms with Crippen LogP contribution in [0.2, 0.25) is 0 Å². The van der Waals surface area contributed by atoms with Gasteiger partial charge in [0.25, 0.3) is 0 Å². The number of aromatic nitrogens is 1. The molecular weight excluding hydrogens is 213 g/mol. The van der Waals surface area contributed by atoms with Crippen LogP contribution in [0.5, 0.6) is 0 Å². The second kappa shape index (κ2) is 4.08. The minimum absolute atomic E-state index is 0.284. The number of thiazole rings is 1. The average Bonchev–Trinajstić information content (AvgIpc) is 2.69. The van der Waals surface area contributed by atoms with Crippen molar-refractivity contribution in [3.8, 4) is 0 Å². The third-order valence-corrected chi connectivity index (χ3v) is 3.08. The van der Waals surface area contributed by atoms with Gasteiger partial charge in [0.2, 0.25) is 0 Å². The fourth-order valence-corrected chi connectivity index (χ4v) is 2.08. The molecular formula is C11H10FNOS. The number of halogens is 1. The maximum absolute atomic E-state index is 12.9. The predicted octanol–water partition coefficient (Wildman–Crippen LogP) is 2.67. The van der Waals surface area contributed by atoms with Crippen LogP contribution in [0.15, 0.2) is 29.9 Å². The van der Waals surface area contributed by atoms with Crippen LogP contribution in [-0.4, -0.2) is 10.1 Å². The van der Waals surface area contributed by atoms with Gasteiger partial charge in [-0.2, -0.15) is 0 Å². The van der Waals surface area contributed by atoms with Gasteiger partial charge in [-0.1, -0.05) is 6.07 Å². The highest BCUT2D eigenvalue weighted by atomic mass is 32.1. The molecule has 0 spiro atoms. The molecule has 1 unspecified atom stereocenters. The zero-order valence-corrected chi connectivity index (χ0v) is 8.96. The normalized spacial score (nSPS) is 12.7. The average molecular weight is 223 g/mol. The van der Waals surface area contributed by atoms with Gasteiger partial charge in [-0.25, -0.2) is 4.39 Å². The van der Waals surface area contributed by atoms with Crippen LogP contribution in [0.25, 0.3) is 0 Å². The lowest BCUT2D eigenvalue weighted by Gasteiger charge is -2.11. The first-order valence-electron chi connectivity index (χ1n) is 4.51. The lowest BCUT2D eigenvalue weighted by Crippen LogP contribution is -2.00. The Morgan fingerprint density at radius 3 is 2.87 bits per heavy atom. The maximum Gasteiger partial charge on any atom is 0.123 e. The number of benzene rings is 1. The summed E-state index contributed by atoms with van der Waals surface area (Å²) in [5, 5.41) is 10.0. The number of rotatable bonds is 2. The molecule has 1 aromatic carbocycles. The largest absolute Gasteiger partial charge is 0.383 e. The van der Waals surface area contributed by atoms with Crippen LogP contribution in [-0.2, 0) is 0 Å². The van der Waals surface area contributed by atoms with Crippen LogP contribution in [0.3, 0.4) is 0 Å². The van der Waals surface area contributed by atoms with E-state index >= 15 is 0 Å². The summed E-state index contributed by atoms with van der Waals surface area (Å²) >= 11 is 1.38. The molecule has 0 saturated heterocycles. The van der Waals surface area contributed by atoms with Gasteiger partial charge < -0.3 is 5.11 Å². The first-order chi connectivity index (χ1) is 7.18. The fourth-order valence-electron chi connectivity index (χ4n) is 1.46. The van der Waals surface area contributed by atoms with Crippen molar-refractivity contribution < 1.29 is 9.50 Å². The summed E-state index contributed by atoms with van der Waals surface area (Å²) in [6, 6.07) is 4.38. The van der Waals surface area contributed by atoms with E-state index in [-0.39, 0.29) is 5.82 Å². The Kier molecular flexibility index (Phi) is 2.79. The van der Waals surface area contributed by atoms with Crippen LogP contribution < -0.4 is 0 Å². The zero-order valence-electron chi connectivity index (χ0n) is 8.14. The Hall–Kier alpha value is -1.26. The Morgan fingerprint density at radius 2 is 2.27 bits per heavy atom. The monoisotopic (exact) mass is 223 g/mol. The zero-order chi connectivity index (χ0) is 10.8. The standard InChI is InChI=1S/C11H10FNOS/c1-7-4-8(12)2-3-9(7)11(14)10-5-13-6-15-10/h2-6,11,14H,1H3. The second-order valence-electron chi connectivity index (χ2n) is 3.31. The van der Waals surface area contributed by atoms with Crippen molar-refractivity contribution in [3.63, 3.8) is 0 Å². The van der Waals surface area contributed by atoms with E-state index in [9.17, 15) is 9.50 Å². The summed E-state index contributed by atoms with van der Waals surface area (Å²) in [4.78, 5) is 4.67. The van der Waals surface area contributed by atoms with Gasteiger partial charge in [0.15, 0.2) is 0 Å². The Labute approximate surface area is 91.0 Å². The minimum atomic E-state index is -0.710. The number of aliphatic hydroxyl groups excluding tert-OH is 1. The van der Waals surface area contributed by atoms with Gasteiger partial charge in [0.05, 0.1) is 10.4 Å². The summed E-state index contributed by atoms with van der Waals surface area (Å²) in [5.41, 5.74) is 3.13. The highest BCUT2D eigenvalue weighted by Crippen LogP contribution is 2.27. The SMILES string of the molecule is Cc1cc(F)ccc1C(O)c1cncs1. The van der Waals surface area contributed by atoms with E-state index in [0.29, 0.717) is 0 Å². The number of hydrogen-bond donors (Lipinski definition) is 1. The van der Waals surface area contributed by atoms with Crippen molar-refractivity contribution in [2.75, 3.05) is 0 Å². The van der Waals surface area contributed by atoms with E-state index in [1.165, 1.54) is 23.5 Å². The molecule has 4 heteroatoms. The molecule has 2 aromatic rings. The number of hydrogen-bond acceptors (Lipinski definition) is 3. The summed E-state index contributed by atoms with van der Waals surface area (Å²) in [6.07, 6.45) is 0.913. The minimum Gasteiger partial charge on any atom is -0.383 e. The number of aliphatic hydroxyl groups is 1. The van der Waals surface area contributed by atoms with Crippen molar-refractivity contribution in [1.29, 1.82) is 0 Å². The van der Waals surface area contributed by atoms with Crippen molar-refractivity contribution in [1.82, 2.24) is 4.98 Å². The molecule has 1 heterocycles. The van der Waals surface area contributed by atoms with Crippen LogP contribution in [0.1, 0.15) is 22.1 Å².